The lowest BCUT2D eigenvalue weighted by Crippen LogP contribution is -2.45. The first-order valence-electron chi connectivity index (χ1n) is 9.21. The number of nitrogens with zero attached hydrogens (tertiary/aromatic N) is 2. The summed E-state index contributed by atoms with van der Waals surface area (Å²) in [5.41, 5.74) is 1.07. The van der Waals surface area contributed by atoms with E-state index >= 15 is 0 Å². The molecule has 1 amide bonds. The van der Waals surface area contributed by atoms with E-state index < -0.39 is 0 Å². The molecular formula is C19H31IN4O2. The Labute approximate surface area is 173 Å². The fraction of sp³-hybridized carbons (Fsp3) is 0.579. The molecular weight excluding hydrogens is 443 g/mol. The summed E-state index contributed by atoms with van der Waals surface area (Å²) >= 11 is 0. The summed E-state index contributed by atoms with van der Waals surface area (Å²) in [6.45, 7) is 9.48. The Kier molecular flexibility index (Phi) is 10.4. The van der Waals surface area contributed by atoms with E-state index in [9.17, 15) is 4.79 Å². The molecule has 1 atom stereocenters. The predicted molar refractivity (Wildman–Crippen MR) is 116 cm³/mol. The first kappa shape index (κ1) is 22.5. The lowest BCUT2D eigenvalue weighted by molar-refractivity contribution is -0.129. The van der Waals surface area contributed by atoms with Crippen LogP contribution in [0, 0.1) is 0 Å². The van der Waals surface area contributed by atoms with Crippen LogP contribution < -0.4 is 15.4 Å². The van der Waals surface area contributed by atoms with E-state index in [0.29, 0.717) is 19.6 Å². The van der Waals surface area contributed by atoms with Crippen LogP contribution in [0.3, 0.4) is 0 Å². The SMILES string of the molecule is CCNC(=NCc1ccccc1OCC)NC1CCN(C(=O)CC)C1.I. The summed E-state index contributed by atoms with van der Waals surface area (Å²) < 4.78 is 5.66. The highest BCUT2D eigenvalue weighted by atomic mass is 127. The number of nitrogens with one attached hydrogen (secondary N) is 2. The maximum atomic E-state index is 11.8. The number of para-hydroxylation sites is 1. The van der Waals surface area contributed by atoms with Crippen LogP contribution in [0.4, 0.5) is 0 Å². The molecule has 6 nitrogen and oxygen atoms in total. The van der Waals surface area contributed by atoms with Crippen LogP contribution in [0.25, 0.3) is 0 Å². The molecule has 1 aliphatic rings. The van der Waals surface area contributed by atoms with Gasteiger partial charge in [-0.05, 0) is 26.3 Å². The molecule has 1 aromatic rings. The first-order chi connectivity index (χ1) is 12.2. The van der Waals surface area contributed by atoms with Gasteiger partial charge in [0.2, 0.25) is 5.91 Å². The van der Waals surface area contributed by atoms with Crippen molar-refractivity contribution in [1.29, 1.82) is 0 Å². The summed E-state index contributed by atoms with van der Waals surface area (Å²) in [4.78, 5) is 18.4. The van der Waals surface area contributed by atoms with E-state index in [0.717, 1.165) is 43.3 Å². The van der Waals surface area contributed by atoms with Gasteiger partial charge >= 0.3 is 0 Å². The number of rotatable bonds is 7. The molecule has 2 N–H and O–H groups in total. The highest BCUT2D eigenvalue weighted by molar-refractivity contribution is 14.0. The van der Waals surface area contributed by atoms with Gasteiger partial charge in [0.15, 0.2) is 5.96 Å². The van der Waals surface area contributed by atoms with Gasteiger partial charge in [-0.25, -0.2) is 4.99 Å². The van der Waals surface area contributed by atoms with Crippen molar-refractivity contribution in [3.63, 3.8) is 0 Å². The molecule has 1 aromatic carbocycles. The predicted octanol–water partition coefficient (Wildman–Crippen LogP) is 2.77. The molecule has 1 unspecified atom stereocenters. The number of guanidine groups is 1. The van der Waals surface area contributed by atoms with Crippen molar-refractivity contribution in [2.45, 2.75) is 46.2 Å². The average Bonchev–Trinajstić information content (AvgIpc) is 3.09. The van der Waals surface area contributed by atoms with Crippen LogP contribution in [0.2, 0.25) is 0 Å². The highest BCUT2D eigenvalue weighted by Gasteiger charge is 2.25. The number of aliphatic imine (C=N–C) groups is 1. The number of likely N-dealkylation sites (tertiary alicyclic amines) is 1. The largest absolute Gasteiger partial charge is 0.494 e. The minimum absolute atomic E-state index is 0. The molecule has 26 heavy (non-hydrogen) atoms. The number of hydrogen-bond donors (Lipinski definition) is 2. The first-order valence-corrected chi connectivity index (χ1v) is 9.21. The van der Waals surface area contributed by atoms with Gasteiger partial charge in [-0.15, -0.1) is 24.0 Å². The molecule has 1 saturated heterocycles. The Bertz CT molecular complexity index is 595. The van der Waals surface area contributed by atoms with E-state index in [-0.39, 0.29) is 35.9 Å². The van der Waals surface area contributed by atoms with E-state index in [1.807, 2.05) is 49.9 Å². The van der Waals surface area contributed by atoms with Crippen molar-refractivity contribution in [2.24, 2.45) is 4.99 Å². The quantitative estimate of drug-likeness (QED) is 0.363. The van der Waals surface area contributed by atoms with Crippen LogP contribution in [0.5, 0.6) is 5.75 Å². The van der Waals surface area contributed by atoms with Crippen molar-refractivity contribution < 1.29 is 9.53 Å². The molecule has 0 bridgehead atoms. The lowest BCUT2D eigenvalue weighted by Gasteiger charge is -2.19. The third kappa shape index (κ3) is 6.66. The van der Waals surface area contributed by atoms with Crippen molar-refractivity contribution in [3.05, 3.63) is 29.8 Å². The number of benzene rings is 1. The number of ether oxygens (including phenoxy) is 1. The number of carbonyl (C=O) groups excluding carboxylic acids is 1. The maximum Gasteiger partial charge on any atom is 0.222 e. The normalized spacial score (nSPS) is 16.8. The third-order valence-electron chi connectivity index (χ3n) is 4.21. The molecule has 2 rings (SSSR count). The fourth-order valence-electron chi connectivity index (χ4n) is 2.94. The molecule has 0 spiro atoms. The van der Waals surface area contributed by atoms with Gasteiger partial charge in [0.1, 0.15) is 5.75 Å². The topological polar surface area (TPSA) is 66.0 Å². The molecule has 1 fully saturated rings. The number of carbonyl (C=O) groups is 1. The number of hydrogen-bond acceptors (Lipinski definition) is 3. The third-order valence-corrected chi connectivity index (χ3v) is 4.21. The van der Waals surface area contributed by atoms with E-state index in [2.05, 4.69) is 10.6 Å². The average molecular weight is 474 g/mol. The van der Waals surface area contributed by atoms with Gasteiger partial charge in [0.25, 0.3) is 0 Å². The zero-order valence-electron chi connectivity index (χ0n) is 16.0. The summed E-state index contributed by atoms with van der Waals surface area (Å²) in [7, 11) is 0. The summed E-state index contributed by atoms with van der Waals surface area (Å²) in [5.74, 6) is 1.88. The second-order valence-corrected chi connectivity index (χ2v) is 6.06. The van der Waals surface area contributed by atoms with E-state index in [4.69, 9.17) is 9.73 Å². The van der Waals surface area contributed by atoms with Gasteiger partial charge in [-0.2, -0.15) is 0 Å². The second kappa shape index (κ2) is 12.0. The van der Waals surface area contributed by atoms with Gasteiger partial charge in [-0.1, -0.05) is 25.1 Å². The van der Waals surface area contributed by atoms with Crippen LogP contribution in [0.1, 0.15) is 39.2 Å². The summed E-state index contributed by atoms with van der Waals surface area (Å²) in [5, 5.41) is 6.74. The van der Waals surface area contributed by atoms with Crippen LogP contribution in [0.15, 0.2) is 29.3 Å². The monoisotopic (exact) mass is 474 g/mol. The zero-order valence-corrected chi connectivity index (χ0v) is 18.3. The van der Waals surface area contributed by atoms with Crippen molar-refractivity contribution >= 4 is 35.8 Å². The molecule has 146 valence electrons. The van der Waals surface area contributed by atoms with E-state index in [1.54, 1.807) is 0 Å². The van der Waals surface area contributed by atoms with Gasteiger partial charge < -0.3 is 20.3 Å². The van der Waals surface area contributed by atoms with Gasteiger partial charge in [0.05, 0.1) is 13.2 Å². The van der Waals surface area contributed by atoms with Crippen molar-refractivity contribution in [2.75, 3.05) is 26.2 Å². The fourth-order valence-corrected chi connectivity index (χ4v) is 2.94. The molecule has 0 aliphatic carbocycles. The molecule has 0 aromatic heterocycles. The number of halogens is 1. The van der Waals surface area contributed by atoms with E-state index in [1.165, 1.54) is 0 Å². The maximum absolute atomic E-state index is 11.8. The summed E-state index contributed by atoms with van der Waals surface area (Å²) in [6, 6.07) is 8.23. The number of amides is 1. The Morgan fingerprint density at radius 1 is 1.31 bits per heavy atom. The molecule has 7 heteroatoms. The van der Waals surface area contributed by atoms with Gasteiger partial charge in [0, 0.05) is 37.7 Å². The Morgan fingerprint density at radius 3 is 2.77 bits per heavy atom. The zero-order chi connectivity index (χ0) is 18.1. The molecule has 1 heterocycles. The second-order valence-electron chi connectivity index (χ2n) is 6.06. The Balaban J connectivity index is 0.00000338. The Hall–Kier alpha value is -1.51. The molecule has 1 aliphatic heterocycles. The minimum atomic E-state index is 0. The minimum Gasteiger partial charge on any atom is -0.494 e. The lowest BCUT2D eigenvalue weighted by atomic mass is 10.2. The Morgan fingerprint density at radius 2 is 2.08 bits per heavy atom. The highest BCUT2D eigenvalue weighted by Crippen LogP contribution is 2.18. The standard InChI is InChI=1S/C19H30N4O2.HI/c1-4-18(24)23-12-11-16(14-23)22-19(20-5-2)21-13-15-9-7-8-10-17(15)25-6-3;/h7-10,16H,4-6,11-14H2,1-3H3,(H2,20,21,22);1H. The van der Waals surface area contributed by atoms with Crippen LogP contribution in [-0.2, 0) is 11.3 Å². The van der Waals surface area contributed by atoms with Crippen molar-refractivity contribution in [1.82, 2.24) is 15.5 Å². The smallest absolute Gasteiger partial charge is 0.222 e. The van der Waals surface area contributed by atoms with Crippen LogP contribution in [-0.4, -0.2) is 49.0 Å². The molecule has 0 saturated carbocycles. The molecule has 0 radical (unpaired) electrons. The summed E-state index contributed by atoms with van der Waals surface area (Å²) in [6.07, 6.45) is 1.51. The van der Waals surface area contributed by atoms with Crippen molar-refractivity contribution in [3.8, 4) is 5.75 Å². The van der Waals surface area contributed by atoms with Gasteiger partial charge in [-0.3, -0.25) is 4.79 Å². The van der Waals surface area contributed by atoms with Crippen LogP contribution >= 0.6 is 24.0 Å².